The monoisotopic (exact) mass is 403 g/mol. The van der Waals surface area contributed by atoms with Crippen molar-refractivity contribution in [2.24, 2.45) is 5.92 Å². The lowest BCUT2D eigenvalue weighted by atomic mass is 9.97. The molecular formula is C21H29N3O5. The van der Waals surface area contributed by atoms with Crippen LogP contribution in [0.3, 0.4) is 0 Å². The molecule has 0 radical (unpaired) electrons. The average Bonchev–Trinajstić information content (AvgIpc) is 3.08. The summed E-state index contributed by atoms with van der Waals surface area (Å²) in [5, 5.41) is 5.40. The normalized spacial score (nSPS) is 15.4. The van der Waals surface area contributed by atoms with Crippen molar-refractivity contribution in [1.82, 2.24) is 14.7 Å². The Bertz CT molecular complexity index is 892. The third-order valence-corrected chi connectivity index (χ3v) is 5.01. The number of carbonyl (C=O) groups excluding carboxylic acids is 2. The van der Waals surface area contributed by atoms with Gasteiger partial charge >= 0.3 is 12.1 Å². The van der Waals surface area contributed by atoms with Crippen LogP contribution in [-0.2, 0) is 16.0 Å². The van der Waals surface area contributed by atoms with E-state index in [1.165, 1.54) is 14.2 Å². The summed E-state index contributed by atoms with van der Waals surface area (Å²) in [6.07, 6.45) is 3.43. The second-order valence-corrected chi connectivity index (χ2v) is 8.33. The van der Waals surface area contributed by atoms with Crippen LogP contribution in [0.15, 0.2) is 18.3 Å². The van der Waals surface area contributed by atoms with Crippen molar-refractivity contribution in [2.75, 3.05) is 27.3 Å². The number of likely N-dealkylation sites (tertiary alicyclic amines) is 1. The molecule has 1 aliphatic rings. The predicted octanol–water partition coefficient (Wildman–Crippen LogP) is 3.48. The molecule has 8 nitrogen and oxygen atoms in total. The molecule has 1 aliphatic heterocycles. The molecule has 0 saturated carbocycles. The molecule has 158 valence electrons. The first kappa shape index (κ1) is 21.0. The van der Waals surface area contributed by atoms with Crippen LogP contribution < -0.4 is 4.74 Å². The van der Waals surface area contributed by atoms with Gasteiger partial charge in [0, 0.05) is 25.8 Å². The zero-order chi connectivity index (χ0) is 21.2. The molecule has 0 aliphatic carbocycles. The summed E-state index contributed by atoms with van der Waals surface area (Å²) in [5.74, 6) is 0.445. The highest BCUT2D eigenvalue weighted by molar-refractivity contribution is 6.00. The third kappa shape index (κ3) is 4.81. The van der Waals surface area contributed by atoms with Crippen molar-refractivity contribution in [3.05, 3.63) is 23.9 Å². The number of aromatic nitrogens is 2. The molecule has 2 heterocycles. The van der Waals surface area contributed by atoms with Crippen LogP contribution in [-0.4, -0.2) is 59.7 Å². The Morgan fingerprint density at radius 1 is 1.17 bits per heavy atom. The summed E-state index contributed by atoms with van der Waals surface area (Å²) in [6.45, 7) is 7.72. The molecule has 1 saturated heterocycles. The van der Waals surface area contributed by atoms with Gasteiger partial charge in [-0.3, -0.25) is 4.68 Å². The highest BCUT2D eigenvalue weighted by atomic mass is 16.6. The number of ether oxygens (including phenoxy) is 3. The average molecular weight is 403 g/mol. The van der Waals surface area contributed by atoms with Gasteiger partial charge in [-0.25, -0.2) is 9.59 Å². The van der Waals surface area contributed by atoms with Crippen molar-refractivity contribution in [3.8, 4) is 5.75 Å². The number of piperidine rings is 1. The van der Waals surface area contributed by atoms with Gasteiger partial charge in [-0.15, -0.1) is 0 Å². The minimum atomic E-state index is -0.481. The van der Waals surface area contributed by atoms with E-state index in [1.54, 1.807) is 17.0 Å². The smallest absolute Gasteiger partial charge is 0.410 e. The van der Waals surface area contributed by atoms with Gasteiger partial charge in [0.05, 0.1) is 25.1 Å². The van der Waals surface area contributed by atoms with Crippen molar-refractivity contribution in [3.63, 3.8) is 0 Å². The minimum absolute atomic E-state index is 0.249. The van der Waals surface area contributed by atoms with Gasteiger partial charge in [0.1, 0.15) is 16.9 Å². The highest BCUT2D eigenvalue weighted by Crippen LogP contribution is 2.30. The van der Waals surface area contributed by atoms with Crippen molar-refractivity contribution in [2.45, 2.75) is 45.8 Å². The standard InChI is InChI=1S/C21H29N3O5/c1-21(2,3)29-20(26)23-10-8-14(9-11-23)12-24-13-16-17(22-24)7-6-15(18(16)27-4)19(25)28-5/h6-7,13-14H,8-12H2,1-5H3. The molecule has 3 rings (SSSR count). The summed E-state index contributed by atoms with van der Waals surface area (Å²) in [7, 11) is 2.88. The van der Waals surface area contributed by atoms with E-state index in [2.05, 4.69) is 5.10 Å². The number of rotatable bonds is 4. The number of esters is 1. The van der Waals surface area contributed by atoms with Crippen LogP contribution >= 0.6 is 0 Å². The maximum absolute atomic E-state index is 12.2. The second kappa shape index (κ2) is 8.31. The lowest BCUT2D eigenvalue weighted by Crippen LogP contribution is -2.42. The quantitative estimate of drug-likeness (QED) is 0.727. The van der Waals surface area contributed by atoms with Gasteiger partial charge in [0.25, 0.3) is 0 Å². The molecule has 8 heteroatoms. The Kier molecular flexibility index (Phi) is 6.00. The van der Waals surface area contributed by atoms with E-state index in [0.29, 0.717) is 30.3 Å². The largest absolute Gasteiger partial charge is 0.495 e. The van der Waals surface area contributed by atoms with E-state index >= 15 is 0 Å². The maximum Gasteiger partial charge on any atom is 0.410 e. The highest BCUT2D eigenvalue weighted by Gasteiger charge is 2.27. The Labute approximate surface area is 170 Å². The number of benzene rings is 1. The van der Waals surface area contributed by atoms with Crippen LogP contribution in [0.1, 0.15) is 44.0 Å². The van der Waals surface area contributed by atoms with Gasteiger partial charge in [-0.1, -0.05) is 0 Å². The van der Waals surface area contributed by atoms with Crippen molar-refractivity contribution >= 4 is 23.0 Å². The van der Waals surface area contributed by atoms with E-state index in [9.17, 15) is 9.59 Å². The Hall–Kier alpha value is -2.77. The summed E-state index contributed by atoms with van der Waals surface area (Å²) in [6, 6.07) is 3.47. The molecule has 1 aromatic carbocycles. The first-order valence-electron chi connectivity index (χ1n) is 9.82. The second-order valence-electron chi connectivity index (χ2n) is 8.33. The van der Waals surface area contributed by atoms with E-state index in [-0.39, 0.29) is 6.09 Å². The fraction of sp³-hybridized carbons (Fsp3) is 0.571. The predicted molar refractivity (Wildman–Crippen MR) is 108 cm³/mol. The number of amides is 1. The molecule has 0 N–H and O–H groups in total. The molecule has 1 amide bonds. The van der Waals surface area contributed by atoms with E-state index < -0.39 is 11.6 Å². The maximum atomic E-state index is 12.2. The fourth-order valence-corrected chi connectivity index (χ4v) is 3.59. The number of methoxy groups -OCH3 is 2. The zero-order valence-corrected chi connectivity index (χ0v) is 17.7. The van der Waals surface area contributed by atoms with Gasteiger partial charge < -0.3 is 19.1 Å². The molecule has 0 bridgehead atoms. The minimum Gasteiger partial charge on any atom is -0.495 e. The van der Waals surface area contributed by atoms with Gasteiger partial charge in [0.15, 0.2) is 0 Å². The number of fused-ring (bicyclic) bond motifs is 1. The summed E-state index contributed by atoms with van der Waals surface area (Å²) < 4.78 is 17.6. The molecule has 0 spiro atoms. The summed E-state index contributed by atoms with van der Waals surface area (Å²) in [4.78, 5) is 25.9. The Morgan fingerprint density at radius 2 is 1.86 bits per heavy atom. The fourth-order valence-electron chi connectivity index (χ4n) is 3.59. The first-order chi connectivity index (χ1) is 13.7. The van der Waals surface area contributed by atoms with Crippen LogP contribution in [0.5, 0.6) is 5.75 Å². The van der Waals surface area contributed by atoms with Crippen molar-refractivity contribution < 1.29 is 23.8 Å². The molecular weight excluding hydrogens is 374 g/mol. The van der Waals surface area contributed by atoms with E-state index in [1.807, 2.05) is 31.6 Å². The van der Waals surface area contributed by atoms with Crippen LogP contribution in [0, 0.1) is 5.92 Å². The van der Waals surface area contributed by atoms with Gasteiger partial charge in [-0.2, -0.15) is 5.10 Å². The van der Waals surface area contributed by atoms with E-state index in [4.69, 9.17) is 14.2 Å². The molecule has 0 unspecified atom stereocenters. The van der Waals surface area contributed by atoms with Gasteiger partial charge in [-0.05, 0) is 51.7 Å². The van der Waals surface area contributed by atoms with Crippen LogP contribution in [0.2, 0.25) is 0 Å². The Morgan fingerprint density at radius 3 is 2.45 bits per heavy atom. The number of nitrogens with zero attached hydrogens (tertiary/aromatic N) is 3. The van der Waals surface area contributed by atoms with Crippen LogP contribution in [0.25, 0.3) is 10.9 Å². The molecule has 1 fully saturated rings. The number of hydrogen-bond donors (Lipinski definition) is 0. The Balaban J connectivity index is 1.67. The van der Waals surface area contributed by atoms with Crippen LogP contribution in [0.4, 0.5) is 4.79 Å². The number of carbonyl (C=O) groups is 2. The first-order valence-corrected chi connectivity index (χ1v) is 9.82. The topological polar surface area (TPSA) is 82.9 Å². The summed E-state index contributed by atoms with van der Waals surface area (Å²) >= 11 is 0. The third-order valence-electron chi connectivity index (χ3n) is 5.01. The SMILES string of the molecule is COC(=O)c1ccc2nn(CC3CCN(C(=O)OC(C)(C)C)CC3)cc2c1OC. The zero-order valence-electron chi connectivity index (χ0n) is 17.7. The lowest BCUT2D eigenvalue weighted by molar-refractivity contribution is 0.0177. The van der Waals surface area contributed by atoms with Crippen molar-refractivity contribution in [1.29, 1.82) is 0 Å². The molecule has 0 atom stereocenters. The number of hydrogen-bond acceptors (Lipinski definition) is 6. The lowest BCUT2D eigenvalue weighted by Gasteiger charge is -2.33. The molecule has 29 heavy (non-hydrogen) atoms. The van der Waals surface area contributed by atoms with E-state index in [0.717, 1.165) is 30.3 Å². The molecule has 2 aromatic rings. The molecule has 1 aromatic heterocycles. The summed E-state index contributed by atoms with van der Waals surface area (Å²) in [5.41, 5.74) is 0.666. The van der Waals surface area contributed by atoms with Gasteiger partial charge in [0.2, 0.25) is 0 Å².